The minimum atomic E-state index is -1.18. The van der Waals surface area contributed by atoms with E-state index in [-0.39, 0.29) is 19.1 Å². The highest BCUT2D eigenvalue weighted by atomic mass is 16.5. The molecule has 2 aliphatic rings. The van der Waals surface area contributed by atoms with Crippen molar-refractivity contribution in [3.63, 3.8) is 0 Å². The Kier molecular flexibility index (Phi) is 5.67. The monoisotopic (exact) mass is 422 g/mol. The quantitative estimate of drug-likeness (QED) is 0.744. The Morgan fingerprint density at radius 1 is 1.03 bits per heavy atom. The highest BCUT2D eigenvalue weighted by Gasteiger charge is 2.46. The molecule has 1 fully saturated rings. The average molecular weight is 422 g/mol. The molecule has 2 aromatic carbocycles. The number of benzene rings is 2. The van der Waals surface area contributed by atoms with Crippen molar-refractivity contribution >= 4 is 18.0 Å². The molecule has 2 N–H and O–H groups in total. The van der Waals surface area contributed by atoms with Crippen molar-refractivity contribution in [1.29, 1.82) is 0 Å². The summed E-state index contributed by atoms with van der Waals surface area (Å²) >= 11 is 0. The number of ether oxygens (including phenoxy) is 1. The van der Waals surface area contributed by atoms with Gasteiger partial charge in [-0.05, 0) is 35.1 Å². The van der Waals surface area contributed by atoms with Gasteiger partial charge in [-0.25, -0.2) is 9.59 Å². The SMILES string of the molecule is CN(C(=O)CNC(=O)OCC1c2ccccc2-c2ccccc21)C1(C(=O)O)CCCC1. The number of carbonyl (C=O) groups is 3. The first-order valence-electron chi connectivity index (χ1n) is 10.5. The van der Waals surface area contributed by atoms with Crippen molar-refractivity contribution in [2.45, 2.75) is 37.1 Å². The molecule has 0 radical (unpaired) electrons. The van der Waals surface area contributed by atoms with Gasteiger partial charge in [0.1, 0.15) is 18.7 Å². The number of likely N-dealkylation sites (N-methyl/N-ethyl adjacent to an activating group) is 1. The summed E-state index contributed by atoms with van der Waals surface area (Å²) in [5.41, 5.74) is 3.31. The van der Waals surface area contributed by atoms with Crippen LogP contribution < -0.4 is 5.32 Å². The Labute approximate surface area is 181 Å². The van der Waals surface area contributed by atoms with Crippen molar-refractivity contribution in [2.24, 2.45) is 0 Å². The average Bonchev–Trinajstić information content (AvgIpc) is 3.40. The van der Waals surface area contributed by atoms with Crippen molar-refractivity contribution in [2.75, 3.05) is 20.2 Å². The Bertz CT molecular complexity index is 967. The number of fused-ring (bicyclic) bond motifs is 3. The molecule has 2 aliphatic carbocycles. The summed E-state index contributed by atoms with van der Waals surface area (Å²) in [6, 6.07) is 16.1. The first kappa shape index (κ1) is 20.9. The zero-order chi connectivity index (χ0) is 22.0. The Morgan fingerprint density at radius 3 is 2.13 bits per heavy atom. The van der Waals surface area contributed by atoms with Crippen LogP contribution in [0.1, 0.15) is 42.7 Å². The maximum absolute atomic E-state index is 12.5. The van der Waals surface area contributed by atoms with Gasteiger partial charge in [-0.3, -0.25) is 4.79 Å². The van der Waals surface area contributed by atoms with Gasteiger partial charge in [-0.15, -0.1) is 0 Å². The lowest BCUT2D eigenvalue weighted by Gasteiger charge is -2.34. The highest BCUT2D eigenvalue weighted by molar-refractivity contribution is 5.89. The zero-order valence-electron chi connectivity index (χ0n) is 17.5. The highest BCUT2D eigenvalue weighted by Crippen LogP contribution is 2.44. The van der Waals surface area contributed by atoms with Gasteiger partial charge in [0.2, 0.25) is 5.91 Å². The van der Waals surface area contributed by atoms with Crippen molar-refractivity contribution < 1.29 is 24.2 Å². The number of carboxylic acid groups (broad SMARTS) is 1. The normalized spacial score (nSPS) is 16.3. The number of nitrogens with zero attached hydrogens (tertiary/aromatic N) is 1. The minimum absolute atomic E-state index is 0.0645. The molecule has 0 heterocycles. The molecule has 31 heavy (non-hydrogen) atoms. The van der Waals surface area contributed by atoms with Gasteiger partial charge in [0.15, 0.2) is 0 Å². The molecule has 0 saturated heterocycles. The molecule has 0 unspecified atom stereocenters. The van der Waals surface area contributed by atoms with E-state index < -0.39 is 23.5 Å². The Morgan fingerprint density at radius 2 is 1.58 bits per heavy atom. The molecule has 7 heteroatoms. The number of carboxylic acids is 1. The molecule has 2 aromatic rings. The minimum Gasteiger partial charge on any atom is -0.479 e. The van der Waals surface area contributed by atoms with E-state index in [1.54, 1.807) is 0 Å². The van der Waals surface area contributed by atoms with Crippen LogP contribution in [0.4, 0.5) is 4.79 Å². The van der Waals surface area contributed by atoms with Crippen LogP contribution in [0, 0.1) is 0 Å². The number of aliphatic carboxylic acids is 1. The van der Waals surface area contributed by atoms with E-state index in [9.17, 15) is 19.5 Å². The van der Waals surface area contributed by atoms with E-state index in [1.807, 2.05) is 36.4 Å². The van der Waals surface area contributed by atoms with Crippen LogP contribution in [-0.2, 0) is 14.3 Å². The topological polar surface area (TPSA) is 95.9 Å². The number of amides is 2. The molecule has 0 aromatic heterocycles. The van der Waals surface area contributed by atoms with E-state index in [0.717, 1.165) is 35.1 Å². The standard InChI is InChI=1S/C24H26N2O5/c1-26(24(22(28)29)12-6-7-13-24)21(27)14-25-23(30)31-15-20-18-10-4-2-8-16(18)17-9-3-5-11-19(17)20/h2-5,8-11,20H,6-7,12-15H2,1H3,(H,25,30)(H,28,29). The lowest BCUT2D eigenvalue weighted by molar-refractivity contribution is -0.157. The molecule has 0 spiro atoms. The third-order valence-corrected chi connectivity index (χ3v) is 6.57. The van der Waals surface area contributed by atoms with Gasteiger partial charge in [-0.1, -0.05) is 61.4 Å². The maximum atomic E-state index is 12.5. The summed E-state index contributed by atoms with van der Waals surface area (Å²) in [5.74, 6) is -1.51. The maximum Gasteiger partial charge on any atom is 0.407 e. The first-order chi connectivity index (χ1) is 14.9. The summed E-state index contributed by atoms with van der Waals surface area (Å²) in [4.78, 5) is 37.8. The first-order valence-corrected chi connectivity index (χ1v) is 10.5. The van der Waals surface area contributed by atoms with E-state index in [1.165, 1.54) is 11.9 Å². The van der Waals surface area contributed by atoms with Crippen molar-refractivity contribution in [1.82, 2.24) is 10.2 Å². The predicted molar refractivity (Wildman–Crippen MR) is 115 cm³/mol. The predicted octanol–water partition coefficient (Wildman–Crippen LogP) is 3.38. The zero-order valence-corrected chi connectivity index (χ0v) is 17.5. The molecule has 1 saturated carbocycles. The second-order valence-electron chi connectivity index (χ2n) is 8.18. The fraction of sp³-hybridized carbons (Fsp3) is 0.375. The lowest BCUT2D eigenvalue weighted by Crippen LogP contribution is -2.55. The van der Waals surface area contributed by atoms with E-state index in [0.29, 0.717) is 12.8 Å². The van der Waals surface area contributed by atoms with Crippen LogP contribution in [0.25, 0.3) is 11.1 Å². The molecule has 162 valence electrons. The summed E-state index contributed by atoms with van der Waals surface area (Å²) in [6.45, 7) is -0.148. The molecule has 0 atom stereocenters. The van der Waals surface area contributed by atoms with Crippen LogP contribution in [0.2, 0.25) is 0 Å². The van der Waals surface area contributed by atoms with Gasteiger partial charge < -0.3 is 20.1 Å². The van der Waals surface area contributed by atoms with Gasteiger partial charge in [0.25, 0.3) is 0 Å². The summed E-state index contributed by atoms with van der Waals surface area (Å²) in [6.07, 6.45) is 1.69. The van der Waals surface area contributed by atoms with E-state index in [2.05, 4.69) is 17.4 Å². The number of alkyl carbamates (subject to hydrolysis) is 1. The largest absolute Gasteiger partial charge is 0.479 e. The molecule has 2 amide bonds. The number of nitrogens with one attached hydrogen (secondary N) is 1. The number of carbonyl (C=O) groups excluding carboxylic acids is 2. The number of rotatable bonds is 6. The molecule has 0 bridgehead atoms. The molecular weight excluding hydrogens is 396 g/mol. The Hall–Kier alpha value is -3.35. The van der Waals surface area contributed by atoms with Crippen LogP contribution >= 0.6 is 0 Å². The van der Waals surface area contributed by atoms with E-state index >= 15 is 0 Å². The van der Waals surface area contributed by atoms with Crippen molar-refractivity contribution in [3.05, 3.63) is 59.7 Å². The smallest absolute Gasteiger partial charge is 0.407 e. The van der Waals surface area contributed by atoms with Gasteiger partial charge >= 0.3 is 12.1 Å². The fourth-order valence-electron chi connectivity index (χ4n) is 4.81. The second kappa shape index (κ2) is 8.41. The van der Waals surface area contributed by atoms with Crippen LogP contribution in [0.5, 0.6) is 0 Å². The van der Waals surface area contributed by atoms with Crippen LogP contribution in [0.15, 0.2) is 48.5 Å². The van der Waals surface area contributed by atoms with Gasteiger partial charge in [-0.2, -0.15) is 0 Å². The molecule has 7 nitrogen and oxygen atoms in total. The number of hydrogen-bond donors (Lipinski definition) is 2. The summed E-state index contributed by atoms with van der Waals surface area (Å²) in [7, 11) is 1.49. The summed E-state index contributed by atoms with van der Waals surface area (Å²) < 4.78 is 5.43. The summed E-state index contributed by atoms with van der Waals surface area (Å²) in [5, 5.41) is 12.1. The Balaban J connectivity index is 1.35. The van der Waals surface area contributed by atoms with Crippen LogP contribution in [0.3, 0.4) is 0 Å². The van der Waals surface area contributed by atoms with Gasteiger partial charge in [0, 0.05) is 13.0 Å². The second-order valence-corrected chi connectivity index (χ2v) is 8.18. The van der Waals surface area contributed by atoms with Crippen LogP contribution in [-0.4, -0.2) is 53.7 Å². The van der Waals surface area contributed by atoms with Gasteiger partial charge in [0.05, 0.1) is 0 Å². The van der Waals surface area contributed by atoms with E-state index in [4.69, 9.17) is 4.74 Å². The third-order valence-electron chi connectivity index (χ3n) is 6.57. The number of hydrogen-bond acceptors (Lipinski definition) is 4. The fourth-order valence-corrected chi connectivity index (χ4v) is 4.81. The molecular formula is C24H26N2O5. The third kappa shape index (κ3) is 3.76. The molecule has 4 rings (SSSR count). The van der Waals surface area contributed by atoms with Crippen molar-refractivity contribution in [3.8, 4) is 11.1 Å². The lowest BCUT2D eigenvalue weighted by atomic mass is 9.95. The molecule has 0 aliphatic heterocycles.